The van der Waals surface area contributed by atoms with E-state index in [1.807, 2.05) is 36.4 Å². The van der Waals surface area contributed by atoms with Gasteiger partial charge in [0.15, 0.2) is 6.61 Å². The van der Waals surface area contributed by atoms with Gasteiger partial charge in [0, 0.05) is 13.0 Å². The number of nitrogens with one attached hydrogen (secondary N) is 1. The monoisotopic (exact) mass is 468 g/mol. The fraction of sp³-hybridized carbons (Fsp3) is 0.423. The molecule has 3 rings (SSSR count). The van der Waals surface area contributed by atoms with Crippen LogP contribution in [0, 0.1) is 0 Å². The Morgan fingerprint density at radius 1 is 1.06 bits per heavy atom. The second-order valence-corrected chi connectivity index (χ2v) is 9.15. The molecule has 0 radical (unpaired) electrons. The number of hydrogen-bond donors (Lipinski definition) is 1. The summed E-state index contributed by atoms with van der Waals surface area (Å²) < 4.78 is 15.7. The molecule has 2 aromatic carbocycles. The number of carbonyl (C=O) groups is 3. The van der Waals surface area contributed by atoms with Crippen molar-refractivity contribution in [2.75, 3.05) is 20.3 Å². The first-order chi connectivity index (χ1) is 16.2. The van der Waals surface area contributed by atoms with E-state index < -0.39 is 23.7 Å². The fourth-order valence-corrected chi connectivity index (χ4v) is 3.69. The Kier molecular flexibility index (Phi) is 8.15. The molecule has 0 spiro atoms. The van der Waals surface area contributed by atoms with Gasteiger partial charge in [0.25, 0.3) is 0 Å². The highest BCUT2D eigenvalue weighted by Crippen LogP contribution is 2.28. The number of amides is 2. The first kappa shape index (κ1) is 25.1. The van der Waals surface area contributed by atoms with E-state index in [1.54, 1.807) is 32.9 Å². The second kappa shape index (κ2) is 11.0. The van der Waals surface area contributed by atoms with Crippen LogP contribution in [-0.2, 0) is 38.4 Å². The molecular formula is C26H32N2O6. The van der Waals surface area contributed by atoms with E-state index >= 15 is 0 Å². The van der Waals surface area contributed by atoms with Crippen molar-refractivity contribution in [2.45, 2.75) is 51.8 Å². The van der Waals surface area contributed by atoms with Crippen LogP contribution < -0.4 is 10.1 Å². The molecule has 182 valence electrons. The summed E-state index contributed by atoms with van der Waals surface area (Å²) in [5.74, 6) is -0.224. The van der Waals surface area contributed by atoms with Gasteiger partial charge in [-0.25, -0.2) is 9.59 Å². The lowest BCUT2D eigenvalue weighted by molar-refractivity contribution is -0.142. The third kappa shape index (κ3) is 6.97. The number of ether oxygens (including phenoxy) is 3. The van der Waals surface area contributed by atoms with Crippen molar-refractivity contribution >= 4 is 18.0 Å². The van der Waals surface area contributed by atoms with Gasteiger partial charge in [-0.3, -0.25) is 9.69 Å². The van der Waals surface area contributed by atoms with Crippen LogP contribution in [0.3, 0.4) is 0 Å². The van der Waals surface area contributed by atoms with Crippen molar-refractivity contribution in [1.29, 1.82) is 0 Å². The number of hydrogen-bond acceptors (Lipinski definition) is 6. The van der Waals surface area contributed by atoms with E-state index in [4.69, 9.17) is 9.47 Å². The van der Waals surface area contributed by atoms with E-state index in [9.17, 15) is 14.4 Å². The highest BCUT2D eigenvalue weighted by Gasteiger charge is 2.37. The number of nitrogens with zero attached hydrogens (tertiary/aromatic N) is 1. The number of benzene rings is 2. The molecule has 8 nitrogen and oxygen atoms in total. The Morgan fingerprint density at radius 3 is 2.47 bits per heavy atom. The van der Waals surface area contributed by atoms with Crippen LogP contribution in [0.1, 0.15) is 37.5 Å². The maximum atomic E-state index is 13.1. The first-order valence-corrected chi connectivity index (χ1v) is 11.3. The van der Waals surface area contributed by atoms with Crippen molar-refractivity contribution in [2.24, 2.45) is 0 Å². The van der Waals surface area contributed by atoms with Crippen LogP contribution >= 0.6 is 0 Å². The minimum atomic E-state index is -0.697. The molecule has 2 aromatic rings. The third-order valence-corrected chi connectivity index (χ3v) is 5.38. The van der Waals surface area contributed by atoms with Crippen LogP contribution in [0.2, 0.25) is 0 Å². The molecule has 0 unspecified atom stereocenters. The molecule has 0 fully saturated rings. The molecule has 0 bridgehead atoms. The van der Waals surface area contributed by atoms with Gasteiger partial charge in [0.2, 0.25) is 5.91 Å². The van der Waals surface area contributed by atoms with Gasteiger partial charge in [-0.2, -0.15) is 0 Å². The van der Waals surface area contributed by atoms with E-state index in [2.05, 4.69) is 10.1 Å². The first-order valence-electron chi connectivity index (χ1n) is 11.3. The van der Waals surface area contributed by atoms with Crippen molar-refractivity contribution in [3.05, 3.63) is 65.2 Å². The van der Waals surface area contributed by atoms with Gasteiger partial charge in [-0.15, -0.1) is 0 Å². The lowest BCUT2D eigenvalue weighted by atomic mass is 9.93. The zero-order valence-electron chi connectivity index (χ0n) is 20.1. The van der Waals surface area contributed by atoms with Crippen LogP contribution in [0.5, 0.6) is 5.75 Å². The number of esters is 1. The van der Waals surface area contributed by atoms with Crippen LogP contribution in [0.25, 0.3) is 0 Å². The quantitative estimate of drug-likeness (QED) is 0.627. The molecule has 34 heavy (non-hydrogen) atoms. The molecule has 1 aliphatic rings. The Bertz CT molecular complexity index is 1020. The fourth-order valence-electron chi connectivity index (χ4n) is 3.69. The number of fused-ring (bicyclic) bond motifs is 1. The highest BCUT2D eigenvalue weighted by molar-refractivity contribution is 5.86. The normalized spacial score (nSPS) is 15.2. The average Bonchev–Trinajstić information content (AvgIpc) is 2.81. The molecule has 1 atom stereocenters. The molecule has 8 heteroatoms. The summed E-state index contributed by atoms with van der Waals surface area (Å²) in [6, 6.07) is 14.6. The van der Waals surface area contributed by atoms with Crippen molar-refractivity contribution in [3.63, 3.8) is 0 Å². The second-order valence-electron chi connectivity index (χ2n) is 9.15. The minimum Gasteiger partial charge on any atom is -0.482 e. The Balaban J connectivity index is 1.75. The number of methoxy groups -OCH3 is 1. The van der Waals surface area contributed by atoms with E-state index in [0.29, 0.717) is 25.1 Å². The molecule has 1 aliphatic heterocycles. The summed E-state index contributed by atoms with van der Waals surface area (Å²) in [7, 11) is 1.29. The molecule has 1 N–H and O–H groups in total. The summed E-state index contributed by atoms with van der Waals surface area (Å²) in [5.41, 5.74) is 2.20. The molecule has 2 amide bonds. The van der Waals surface area contributed by atoms with E-state index in [0.717, 1.165) is 16.7 Å². The largest absolute Gasteiger partial charge is 0.482 e. The highest BCUT2D eigenvalue weighted by atomic mass is 16.6. The molecular weight excluding hydrogens is 436 g/mol. The van der Waals surface area contributed by atoms with E-state index in [1.165, 1.54) is 12.0 Å². The standard InChI is InChI=1S/C26H32N2O6/c1-26(2,3)34-25(31)28-16-20-14-21(33-17-23(29)32-4)11-10-19(20)15-22(28)24(30)27-13-12-18-8-6-5-7-9-18/h5-11,14,22H,12-13,15-17H2,1-4H3,(H,27,30)/t22-/m0/s1. The number of rotatable bonds is 7. The molecule has 0 aliphatic carbocycles. The SMILES string of the molecule is COC(=O)COc1ccc2c(c1)CN(C(=O)OC(C)(C)C)[C@H](C(=O)NCCc1ccccc1)C2. The van der Waals surface area contributed by atoms with Gasteiger partial charge in [-0.1, -0.05) is 36.4 Å². The Labute approximate surface area is 200 Å². The van der Waals surface area contributed by atoms with Crippen LogP contribution in [0.4, 0.5) is 4.79 Å². The van der Waals surface area contributed by atoms with Crippen molar-refractivity contribution < 1.29 is 28.6 Å². The topological polar surface area (TPSA) is 94.2 Å². The lowest BCUT2D eigenvalue weighted by Gasteiger charge is -2.37. The van der Waals surface area contributed by atoms with Crippen LogP contribution in [0.15, 0.2) is 48.5 Å². The average molecular weight is 469 g/mol. The van der Waals surface area contributed by atoms with Gasteiger partial charge in [0.1, 0.15) is 17.4 Å². The Hall–Kier alpha value is -3.55. The zero-order valence-corrected chi connectivity index (χ0v) is 20.1. The minimum absolute atomic E-state index is 0.191. The predicted molar refractivity (Wildman–Crippen MR) is 126 cm³/mol. The summed E-state index contributed by atoms with van der Waals surface area (Å²) >= 11 is 0. The number of carbonyl (C=O) groups excluding carboxylic acids is 3. The third-order valence-electron chi connectivity index (χ3n) is 5.38. The summed E-state index contributed by atoms with van der Waals surface area (Å²) in [6.45, 7) is 5.81. The van der Waals surface area contributed by atoms with Gasteiger partial charge in [0.05, 0.1) is 13.7 Å². The smallest absolute Gasteiger partial charge is 0.411 e. The maximum absolute atomic E-state index is 13.1. The predicted octanol–water partition coefficient (Wildman–Crippen LogP) is 3.26. The summed E-state index contributed by atoms with van der Waals surface area (Å²) in [4.78, 5) is 39.0. The summed E-state index contributed by atoms with van der Waals surface area (Å²) in [6.07, 6.45) is 0.494. The van der Waals surface area contributed by atoms with Gasteiger partial charge in [-0.05, 0) is 56.0 Å². The molecule has 0 saturated heterocycles. The molecule has 1 heterocycles. The molecule has 0 saturated carbocycles. The summed E-state index contributed by atoms with van der Waals surface area (Å²) in [5, 5.41) is 2.97. The lowest BCUT2D eigenvalue weighted by Crippen LogP contribution is -2.53. The van der Waals surface area contributed by atoms with Gasteiger partial charge >= 0.3 is 12.1 Å². The maximum Gasteiger partial charge on any atom is 0.411 e. The molecule has 0 aromatic heterocycles. The van der Waals surface area contributed by atoms with Gasteiger partial charge < -0.3 is 19.5 Å². The Morgan fingerprint density at radius 2 is 1.79 bits per heavy atom. The zero-order chi connectivity index (χ0) is 24.7. The van der Waals surface area contributed by atoms with Crippen molar-refractivity contribution in [3.8, 4) is 5.75 Å². The van der Waals surface area contributed by atoms with Crippen molar-refractivity contribution in [1.82, 2.24) is 10.2 Å². The van der Waals surface area contributed by atoms with Crippen LogP contribution in [-0.4, -0.2) is 54.8 Å². The van der Waals surface area contributed by atoms with E-state index in [-0.39, 0.29) is 19.1 Å².